The van der Waals surface area contributed by atoms with Crippen LogP contribution in [0.25, 0.3) is 0 Å². The van der Waals surface area contributed by atoms with Gasteiger partial charge in [0, 0.05) is 87.9 Å². The quantitative estimate of drug-likeness (QED) is 0.387. The Morgan fingerprint density at radius 1 is 0.977 bits per heavy atom. The molecule has 0 radical (unpaired) electrons. The molecule has 2 amide bonds. The molecule has 2 aromatic carbocycles. The highest BCUT2D eigenvalue weighted by atomic mass is 19.4. The van der Waals surface area contributed by atoms with Crippen molar-refractivity contribution in [2.45, 2.75) is 45.5 Å². The third kappa shape index (κ3) is 7.57. The number of aryl methyl sites for hydroxylation is 2. The normalized spacial score (nSPS) is 17.0. The molecule has 11 heteroatoms. The lowest BCUT2D eigenvalue weighted by Crippen LogP contribution is -2.44. The molecule has 1 N–H and O–H groups in total. The number of carbonyl (C=O) groups excluding carboxylic acids is 2. The van der Waals surface area contributed by atoms with Gasteiger partial charge in [0.2, 0.25) is 0 Å². The number of anilines is 1. The summed E-state index contributed by atoms with van der Waals surface area (Å²) < 4.78 is 48.4. The maximum atomic E-state index is 14.0. The first-order chi connectivity index (χ1) is 21.0. The van der Waals surface area contributed by atoms with Gasteiger partial charge in [-0.2, -0.15) is 13.2 Å². The Morgan fingerprint density at radius 2 is 1.70 bits per heavy atom. The lowest BCUT2D eigenvalue weighted by Gasteiger charge is -2.33. The Hall–Kier alpha value is -3.96. The van der Waals surface area contributed by atoms with Gasteiger partial charge in [-0.3, -0.25) is 19.5 Å². The predicted molar refractivity (Wildman–Crippen MR) is 162 cm³/mol. The van der Waals surface area contributed by atoms with Crippen LogP contribution in [-0.4, -0.2) is 83.9 Å². The lowest BCUT2D eigenvalue weighted by atomic mass is 10.0. The van der Waals surface area contributed by atoms with Crippen LogP contribution in [0.3, 0.4) is 0 Å². The smallest absolute Gasteiger partial charge is 0.416 e. The van der Waals surface area contributed by atoms with E-state index in [-0.39, 0.29) is 29.7 Å². The number of nitrogens with zero attached hydrogens (tertiary/aromatic N) is 4. The van der Waals surface area contributed by atoms with Gasteiger partial charge in [0.15, 0.2) is 0 Å². The summed E-state index contributed by atoms with van der Waals surface area (Å²) in [7, 11) is 1.99. The second kappa shape index (κ2) is 13.4. The first kappa shape index (κ1) is 31.5. The molecule has 44 heavy (non-hydrogen) atoms. The van der Waals surface area contributed by atoms with Gasteiger partial charge in [-0.25, -0.2) is 0 Å². The average Bonchev–Trinajstić information content (AvgIpc) is 3.00. The number of hydrogen-bond donors (Lipinski definition) is 1. The number of likely N-dealkylation sites (N-methyl/N-ethyl adjacent to an activating group) is 1. The molecule has 2 aliphatic rings. The number of aromatic nitrogens is 1. The molecule has 0 aliphatic carbocycles. The highest BCUT2D eigenvalue weighted by molar-refractivity contribution is 6.04. The molecule has 0 atom stereocenters. The summed E-state index contributed by atoms with van der Waals surface area (Å²) in [4.78, 5) is 36.2. The van der Waals surface area contributed by atoms with Crippen LogP contribution in [0, 0.1) is 13.8 Å². The minimum atomic E-state index is -4.58. The van der Waals surface area contributed by atoms with Crippen molar-refractivity contribution in [3.63, 3.8) is 0 Å². The number of amides is 2. The Kier molecular flexibility index (Phi) is 9.55. The summed E-state index contributed by atoms with van der Waals surface area (Å²) >= 11 is 0. The number of pyridine rings is 1. The molecule has 0 saturated carbocycles. The van der Waals surface area contributed by atoms with Crippen LogP contribution in [0.4, 0.5) is 18.9 Å². The molecular weight excluding hydrogens is 571 g/mol. The van der Waals surface area contributed by atoms with Gasteiger partial charge in [0.05, 0.1) is 11.1 Å². The summed E-state index contributed by atoms with van der Waals surface area (Å²) in [6.45, 7) is 7.95. The third-order valence-corrected chi connectivity index (χ3v) is 8.37. The van der Waals surface area contributed by atoms with Crippen LogP contribution in [0.15, 0.2) is 54.7 Å². The van der Waals surface area contributed by atoms with E-state index in [2.05, 4.69) is 15.2 Å². The van der Waals surface area contributed by atoms with Crippen molar-refractivity contribution in [3.05, 3.63) is 88.2 Å². The number of piperazine rings is 1. The maximum Gasteiger partial charge on any atom is 0.416 e. The van der Waals surface area contributed by atoms with Gasteiger partial charge in [-0.1, -0.05) is 12.1 Å². The van der Waals surface area contributed by atoms with Gasteiger partial charge >= 0.3 is 6.18 Å². The molecule has 3 heterocycles. The summed E-state index contributed by atoms with van der Waals surface area (Å²) in [5, 5.41) is 2.73. The largest absolute Gasteiger partial charge is 0.490 e. The molecule has 0 unspecified atom stereocenters. The van der Waals surface area contributed by atoms with Gasteiger partial charge in [0.25, 0.3) is 11.8 Å². The maximum absolute atomic E-state index is 14.0. The molecule has 234 valence electrons. The zero-order valence-electron chi connectivity index (χ0n) is 25.3. The van der Waals surface area contributed by atoms with E-state index in [1.165, 1.54) is 12.1 Å². The first-order valence-corrected chi connectivity index (χ1v) is 14.9. The summed E-state index contributed by atoms with van der Waals surface area (Å²) in [6.07, 6.45) is -1.76. The van der Waals surface area contributed by atoms with E-state index in [1.807, 2.05) is 25.8 Å². The van der Waals surface area contributed by atoms with E-state index in [0.717, 1.165) is 24.7 Å². The van der Waals surface area contributed by atoms with Crippen molar-refractivity contribution in [2.75, 3.05) is 51.6 Å². The number of hydrogen-bond acceptors (Lipinski definition) is 6. The van der Waals surface area contributed by atoms with E-state index >= 15 is 0 Å². The van der Waals surface area contributed by atoms with E-state index < -0.39 is 17.6 Å². The number of rotatable bonds is 7. The number of carbonyl (C=O) groups is 2. The fraction of sp³-hybridized carbons (Fsp3) is 0.424. The molecule has 3 aromatic rings. The fourth-order valence-electron chi connectivity index (χ4n) is 5.61. The third-order valence-electron chi connectivity index (χ3n) is 8.37. The molecule has 0 spiro atoms. The van der Waals surface area contributed by atoms with Crippen LogP contribution in [0.2, 0.25) is 0 Å². The van der Waals surface area contributed by atoms with Crippen molar-refractivity contribution < 1.29 is 27.5 Å². The monoisotopic (exact) mass is 609 g/mol. The van der Waals surface area contributed by atoms with Crippen molar-refractivity contribution in [1.29, 1.82) is 0 Å². The van der Waals surface area contributed by atoms with E-state index in [1.54, 1.807) is 41.4 Å². The molecule has 2 saturated heterocycles. The summed E-state index contributed by atoms with van der Waals surface area (Å²) in [5.41, 5.74) is 1.88. The van der Waals surface area contributed by atoms with Gasteiger partial charge in [0.1, 0.15) is 11.9 Å². The Morgan fingerprint density at radius 3 is 2.39 bits per heavy atom. The van der Waals surface area contributed by atoms with Crippen LogP contribution in [0.1, 0.15) is 55.9 Å². The minimum Gasteiger partial charge on any atom is -0.490 e. The SMILES string of the molecule is Cc1ccc(NC(=O)c2ccc(CN3CCN(C)CC3)c(C(F)(F)F)c2)cc1OC1CCN(C(=O)c2cccnc2C)CC1. The molecule has 0 bridgehead atoms. The Bertz CT molecular complexity index is 1500. The molecule has 8 nitrogen and oxygen atoms in total. The van der Waals surface area contributed by atoms with Crippen molar-refractivity contribution in [3.8, 4) is 5.75 Å². The molecule has 2 fully saturated rings. The zero-order valence-corrected chi connectivity index (χ0v) is 25.3. The number of alkyl halides is 3. The lowest BCUT2D eigenvalue weighted by molar-refractivity contribution is -0.138. The van der Waals surface area contributed by atoms with Crippen LogP contribution < -0.4 is 10.1 Å². The minimum absolute atomic E-state index is 0.0454. The van der Waals surface area contributed by atoms with Crippen molar-refractivity contribution in [1.82, 2.24) is 19.7 Å². The Labute approximate surface area is 255 Å². The highest BCUT2D eigenvalue weighted by Crippen LogP contribution is 2.34. The number of piperidine rings is 1. The van der Waals surface area contributed by atoms with Crippen molar-refractivity contribution in [2.24, 2.45) is 0 Å². The van der Waals surface area contributed by atoms with Crippen molar-refractivity contribution >= 4 is 17.5 Å². The predicted octanol–water partition coefficient (Wildman–Crippen LogP) is 5.40. The topological polar surface area (TPSA) is 78.0 Å². The number of likely N-dealkylation sites (tertiary alicyclic amines) is 1. The fourth-order valence-corrected chi connectivity index (χ4v) is 5.61. The second-order valence-corrected chi connectivity index (χ2v) is 11.6. The number of benzene rings is 2. The van der Waals surface area contributed by atoms with Crippen LogP contribution >= 0.6 is 0 Å². The number of nitrogens with one attached hydrogen (secondary N) is 1. The first-order valence-electron chi connectivity index (χ1n) is 14.9. The van der Waals surface area contributed by atoms with E-state index in [0.29, 0.717) is 61.7 Å². The van der Waals surface area contributed by atoms with Gasteiger partial charge in [-0.05, 0) is 62.4 Å². The van der Waals surface area contributed by atoms with Gasteiger partial charge in [-0.15, -0.1) is 0 Å². The standard InChI is InChI=1S/C33H38F3N5O3/c1-22-6-9-26(20-30(22)44-27-10-13-41(14-11-27)32(43)28-5-4-12-37-23(28)2)38-31(42)24-7-8-25(29(19-24)33(34,35)36)21-40-17-15-39(3)16-18-40/h4-9,12,19-20,27H,10-11,13-18,21H2,1-3H3,(H,38,42). The summed E-state index contributed by atoms with van der Waals surface area (Å²) in [6, 6.07) is 12.5. The molecule has 1 aromatic heterocycles. The highest BCUT2D eigenvalue weighted by Gasteiger charge is 2.35. The average molecular weight is 610 g/mol. The molecule has 2 aliphatic heterocycles. The Balaban J connectivity index is 1.22. The second-order valence-electron chi connectivity index (χ2n) is 11.6. The van der Waals surface area contributed by atoms with Crippen LogP contribution in [-0.2, 0) is 12.7 Å². The molecule has 5 rings (SSSR count). The number of ether oxygens (including phenoxy) is 1. The van der Waals surface area contributed by atoms with Crippen LogP contribution in [0.5, 0.6) is 5.75 Å². The van der Waals surface area contributed by atoms with Gasteiger partial charge < -0.3 is 19.9 Å². The molecular formula is C33H38F3N5O3. The zero-order chi connectivity index (χ0) is 31.4. The van der Waals surface area contributed by atoms with E-state index in [4.69, 9.17) is 4.74 Å². The number of halogens is 3. The summed E-state index contributed by atoms with van der Waals surface area (Å²) in [5.74, 6) is -0.0980. The van der Waals surface area contributed by atoms with E-state index in [9.17, 15) is 22.8 Å².